The third-order valence-corrected chi connectivity index (χ3v) is 3.51. The molecule has 92 valence electrons. The molecular formula is C14H20N2O. The molecule has 1 amide bonds. The van der Waals surface area contributed by atoms with Crippen molar-refractivity contribution in [3.8, 4) is 0 Å². The summed E-state index contributed by atoms with van der Waals surface area (Å²) in [6, 6.07) is 8.40. The maximum Gasteiger partial charge on any atom is 0.254 e. The summed E-state index contributed by atoms with van der Waals surface area (Å²) in [6.07, 6.45) is 1.99. The third kappa shape index (κ3) is 2.67. The van der Waals surface area contributed by atoms with Gasteiger partial charge in [0.25, 0.3) is 5.91 Å². The second kappa shape index (κ2) is 5.32. The molecule has 0 aromatic heterocycles. The standard InChI is InChI=1S/C14H20N2O/c1-11(15-2)7-9-16-10-8-12-5-3-4-6-13(12)14(16)17/h3-6,11,15H,7-10H2,1-2H3. The first-order valence-electron chi connectivity index (χ1n) is 6.27. The van der Waals surface area contributed by atoms with E-state index in [1.807, 2.05) is 30.1 Å². The summed E-state index contributed by atoms with van der Waals surface area (Å²) in [4.78, 5) is 14.2. The second-order valence-corrected chi connectivity index (χ2v) is 4.68. The number of benzene rings is 1. The first-order chi connectivity index (χ1) is 8.22. The molecule has 1 aliphatic rings. The molecule has 1 heterocycles. The van der Waals surface area contributed by atoms with Crippen LogP contribution in [0.1, 0.15) is 29.3 Å². The van der Waals surface area contributed by atoms with Crippen LogP contribution in [0.3, 0.4) is 0 Å². The highest BCUT2D eigenvalue weighted by atomic mass is 16.2. The van der Waals surface area contributed by atoms with E-state index in [-0.39, 0.29) is 5.91 Å². The highest BCUT2D eigenvalue weighted by Crippen LogP contribution is 2.18. The van der Waals surface area contributed by atoms with Crippen LogP contribution in [0.2, 0.25) is 0 Å². The maximum atomic E-state index is 12.2. The predicted octanol–water partition coefficient (Wildman–Crippen LogP) is 1.68. The minimum atomic E-state index is 0.190. The van der Waals surface area contributed by atoms with Crippen molar-refractivity contribution < 1.29 is 4.79 Å². The van der Waals surface area contributed by atoms with Gasteiger partial charge in [-0.3, -0.25) is 4.79 Å². The fourth-order valence-corrected chi connectivity index (χ4v) is 2.18. The van der Waals surface area contributed by atoms with Gasteiger partial charge in [0.1, 0.15) is 0 Å². The van der Waals surface area contributed by atoms with Crippen molar-refractivity contribution in [3.63, 3.8) is 0 Å². The summed E-state index contributed by atoms with van der Waals surface area (Å²) in [7, 11) is 1.96. The molecule has 3 nitrogen and oxygen atoms in total. The third-order valence-electron chi connectivity index (χ3n) is 3.51. The van der Waals surface area contributed by atoms with Crippen LogP contribution >= 0.6 is 0 Å². The van der Waals surface area contributed by atoms with Crippen molar-refractivity contribution in [2.75, 3.05) is 20.1 Å². The van der Waals surface area contributed by atoms with Crippen molar-refractivity contribution in [1.82, 2.24) is 10.2 Å². The monoisotopic (exact) mass is 232 g/mol. The molecule has 0 spiro atoms. The second-order valence-electron chi connectivity index (χ2n) is 4.68. The van der Waals surface area contributed by atoms with Crippen LogP contribution in [0.4, 0.5) is 0 Å². The Balaban J connectivity index is 2.02. The van der Waals surface area contributed by atoms with E-state index in [0.29, 0.717) is 6.04 Å². The average Bonchev–Trinajstić information content (AvgIpc) is 2.38. The van der Waals surface area contributed by atoms with E-state index in [9.17, 15) is 4.79 Å². The zero-order valence-electron chi connectivity index (χ0n) is 10.6. The molecule has 1 unspecified atom stereocenters. The Labute approximate surface area is 103 Å². The first-order valence-corrected chi connectivity index (χ1v) is 6.27. The lowest BCUT2D eigenvalue weighted by molar-refractivity contribution is 0.0734. The Hall–Kier alpha value is -1.35. The van der Waals surface area contributed by atoms with E-state index in [0.717, 1.165) is 31.5 Å². The number of fused-ring (bicyclic) bond motifs is 1. The lowest BCUT2D eigenvalue weighted by atomic mass is 9.99. The number of nitrogens with one attached hydrogen (secondary N) is 1. The lowest BCUT2D eigenvalue weighted by Crippen LogP contribution is -2.40. The Morgan fingerprint density at radius 2 is 2.18 bits per heavy atom. The van der Waals surface area contributed by atoms with Gasteiger partial charge in [-0.15, -0.1) is 0 Å². The van der Waals surface area contributed by atoms with Crippen LogP contribution < -0.4 is 5.32 Å². The van der Waals surface area contributed by atoms with Gasteiger partial charge in [0, 0.05) is 24.7 Å². The Bertz CT molecular complexity index is 403. The van der Waals surface area contributed by atoms with Crippen molar-refractivity contribution in [2.24, 2.45) is 0 Å². The summed E-state index contributed by atoms with van der Waals surface area (Å²) in [5.41, 5.74) is 2.08. The van der Waals surface area contributed by atoms with E-state index >= 15 is 0 Å². The van der Waals surface area contributed by atoms with Crippen molar-refractivity contribution in [1.29, 1.82) is 0 Å². The van der Waals surface area contributed by atoms with Crippen LogP contribution in [0, 0.1) is 0 Å². The predicted molar refractivity (Wildman–Crippen MR) is 69.2 cm³/mol. The number of rotatable bonds is 4. The van der Waals surface area contributed by atoms with Crippen LogP contribution in [0.25, 0.3) is 0 Å². The van der Waals surface area contributed by atoms with E-state index in [4.69, 9.17) is 0 Å². The van der Waals surface area contributed by atoms with E-state index in [2.05, 4.69) is 18.3 Å². The van der Waals surface area contributed by atoms with Gasteiger partial charge < -0.3 is 10.2 Å². The molecule has 0 radical (unpaired) electrons. The Morgan fingerprint density at radius 1 is 1.41 bits per heavy atom. The molecule has 1 aromatic carbocycles. The van der Waals surface area contributed by atoms with Gasteiger partial charge in [-0.25, -0.2) is 0 Å². The highest BCUT2D eigenvalue weighted by Gasteiger charge is 2.23. The molecule has 0 fully saturated rings. The number of carbonyl (C=O) groups excluding carboxylic acids is 1. The first kappa shape index (κ1) is 12.1. The molecule has 2 rings (SSSR count). The van der Waals surface area contributed by atoms with Gasteiger partial charge in [0.15, 0.2) is 0 Å². The number of hydrogen-bond acceptors (Lipinski definition) is 2. The van der Waals surface area contributed by atoms with Crippen LogP contribution in [-0.4, -0.2) is 37.0 Å². The number of carbonyl (C=O) groups is 1. The average molecular weight is 232 g/mol. The molecule has 0 saturated carbocycles. The quantitative estimate of drug-likeness (QED) is 0.856. The summed E-state index contributed by atoms with van der Waals surface area (Å²) in [6.45, 7) is 3.84. The smallest absolute Gasteiger partial charge is 0.254 e. The molecular weight excluding hydrogens is 212 g/mol. The molecule has 0 saturated heterocycles. The van der Waals surface area contributed by atoms with Crippen molar-refractivity contribution in [2.45, 2.75) is 25.8 Å². The Kier molecular flexibility index (Phi) is 3.79. The van der Waals surface area contributed by atoms with Crippen molar-refractivity contribution >= 4 is 5.91 Å². The molecule has 1 aliphatic heterocycles. The molecule has 1 N–H and O–H groups in total. The number of nitrogens with zero attached hydrogens (tertiary/aromatic N) is 1. The highest BCUT2D eigenvalue weighted by molar-refractivity contribution is 5.96. The minimum Gasteiger partial charge on any atom is -0.338 e. The summed E-state index contributed by atoms with van der Waals surface area (Å²) >= 11 is 0. The van der Waals surface area contributed by atoms with Gasteiger partial charge in [0.05, 0.1) is 0 Å². The lowest BCUT2D eigenvalue weighted by Gasteiger charge is -2.29. The summed E-state index contributed by atoms with van der Waals surface area (Å²) in [5.74, 6) is 0.190. The number of amides is 1. The van der Waals surface area contributed by atoms with Gasteiger partial charge in [-0.05, 0) is 38.4 Å². The molecule has 17 heavy (non-hydrogen) atoms. The van der Waals surface area contributed by atoms with E-state index in [1.54, 1.807) is 0 Å². The normalized spacial score (nSPS) is 16.8. The Morgan fingerprint density at radius 3 is 2.94 bits per heavy atom. The van der Waals surface area contributed by atoms with Gasteiger partial charge in [0.2, 0.25) is 0 Å². The maximum absolute atomic E-state index is 12.2. The fraction of sp³-hybridized carbons (Fsp3) is 0.500. The largest absolute Gasteiger partial charge is 0.338 e. The number of hydrogen-bond donors (Lipinski definition) is 1. The molecule has 3 heteroatoms. The van der Waals surface area contributed by atoms with E-state index in [1.165, 1.54) is 5.56 Å². The molecule has 0 aliphatic carbocycles. The van der Waals surface area contributed by atoms with Crippen LogP contribution in [0.5, 0.6) is 0 Å². The molecule has 1 aromatic rings. The minimum absolute atomic E-state index is 0.190. The van der Waals surface area contributed by atoms with Gasteiger partial charge >= 0.3 is 0 Å². The zero-order chi connectivity index (χ0) is 12.3. The summed E-state index contributed by atoms with van der Waals surface area (Å²) in [5, 5.41) is 3.20. The molecule has 1 atom stereocenters. The van der Waals surface area contributed by atoms with Crippen LogP contribution in [-0.2, 0) is 6.42 Å². The SMILES string of the molecule is CNC(C)CCN1CCc2ccccc2C1=O. The van der Waals surface area contributed by atoms with E-state index < -0.39 is 0 Å². The summed E-state index contributed by atoms with van der Waals surface area (Å²) < 4.78 is 0. The topological polar surface area (TPSA) is 32.3 Å². The van der Waals surface area contributed by atoms with Crippen molar-refractivity contribution in [3.05, 3.63) is 35.4 Å². The molecule has 0 bridgehead atoms. The van der Waals surface area contributed by atoms with Gasteiger partial charge in [-0.2, -0.15) is 0 Å². The fourth-order valence-electron chi connectivity index (χ4n) is 2.18. The van der Waals surface area contributed by atoms with Gasteiger partial charge in [-0.1, -0.05) is 18.2 Å². The van der Waals surface area contributed by atoms with Crippen LogP contribution in [0.15, 0.2) is 24.3 Å². The zero-order valence-corrected chi connectivity index (χ0v) is 10.6.